The van der Waals surface area contributed by atoms with E-state index in [9.17, 15) is 4.79 Å². The largest absolute Gasteiger partial charge is 0.326 e. The summed E-state index contributed by atoms with van der Waals surface area (Å²) in [5.74, 6) is 0. The highest BCUT2D eigenvalue weighted by Crippen LogP contribution is 2.17. The minimum Gasteiger partial charge on any atom is -0.326 e. The molecule has 17 heavy (non-hydrogen) atoms. The number of nitrogens with one attached hydrogen (secondary N) is 1. The van der Waals surface area contributed by atoms with E-state index in [0.717, 1.165) is 18.7 Å². The molecule has 0 radical (unpaired) electrons. The second-order valence-corrected chi connectivity index (χ2v) is 4.68. The molecule has 2 amide bonds. The fourth-order valence-corrected chi connectivity index (χ4v) is 2.08. The average Bonchev–Trinajstić information content (AvgIpc) is 2.63. The number of anilines is 1. The molecular weight excluding hydrogens is 214 g/mol. The quantitative estimate of drug-likeness (QED) is 0.779. The molecule has 0 aliphatic carbocycles. The number of amides is 2. The van der Waals surface area contributed by atoms with Crippen LogP contribution in [0.2, 0.25) is 0 Å². The number of carbonyl (C=O) groups is 1. The molecule has 1 aliphatic rings. The van der Waals surface area contributed by atoms with Crippen molar-refractivity contribution < 1.29 is 4.79 Å². The van der Waals surface area contributed by atoms with Gasteiger partial charge in [-0.15, -0.1) is 0 Å². The smallest absolute Gasteiger partial charge is 0.322 e. The molecule has 1 heterocycles. The summed E-state index contributed by atoms with van der Waals surface area (Å²) < 4.78 is 0. The van der Waals surface area contributed by atoms with Crippen molar-refractivity contribution in [2.24, 2.45) is 5.73 Å². The zero-order valence-corrected chi connectivity index (χ0v) is 10.3. The summed E-state index contributed by atoms with van der Waals surface area (Å²) in [6.07, 6.45) is 0.877. The number of hydrogen-bond donors (Lipinski definition) is 2. The fraction of sp³-hybridized carbons (Fsp3) is 0.462. The number of carbonyl (C=O) groups excluding carboxylic acids is 1. The molecule has 4 nitrogen and oxygen atoms in total. The molecule has 0 saturated carbocycles. The Morgan fingerprint density at radius 1 is 1.41 bits per heavy atom. The Labute approximate surface area is 102 Å². The molecule has 1 aromatic rings. The maximum atomic E-state index is 12.0. The van der Waals surface area contributed by atoms with Gasteiger partial charge in [0.25, 0.3) is 0 Å². The van der Waals surface area contributed by atoms with Crippen LogP contribution in [0.15, 0.2) is 24.3 Å². The Morgan fingerprint density at radius 3 is 2.59 bits per heavy atom. The molecule has 1 fully saturated rings. The maximum Gasteiger partial charge on any atom is 0.322 e. The van der Waals surface area contributed by atoms with Crippen LogP contribution in [0.1, 0.15) is 18.9 Å². The van der Waals surface area contributed by atoms with Crippen LogP contribution in [0.4, 0.5) is 10.5 Å². The summed E-state index contributed by atoms with van der Waals surface area (Å²) in [5, 5.41) is 2.89. The highest BCUT2D eigenvalue weighted by atomic mass is 16.2. The monoisotopic (exact) mass is 233 g/mol. The molecule has 0 aromatic heterocycles. The lowest BCUT2D eigenvalue weighted by Gasteiger charge is -2.23. The first kappa shape index (κ1) is 11.9. The molecule has 92 valence electrons. The van der Waals surface area contributed by atoms with Crippen LogP contribution >= 0.6 is 0 Å². The number of nitrogens with two attached hydrogens (primary N) is 1. The summed E-state index contributed by atoms with van der Waals surface area (Å²) in [6, 6.07) is 7.93. The molecule has 1 aliphatic heterocycles. The van der Waals surface area contributed by atoms with Gasteiger partial charge in [-0.05, 0) is 32.4 Å². The fourth-order valence-electron chi connectivity index (χ4n) is 2.08. The molecule has 0 spiro atoms. The molecule has 3 N–H and O–H groups in total. The average molecular weight is 233 g/mol. The molecule has 2 unspecified atom stereocenters. The third-order valence-corrected chi connectivity index (χ3v) is 3.38. The zero-order chi connectivity index (χ0) is 12.4. The Hall–Kier alpha value is -1.55. The van der Waals surface area contributed by atoms with Gasteiger partial charge < -0.3 is 16.0 Å². The number of urea groups is 1. The van der Waals surface area contributed by atoms with E-state index >= 15 is 0 Å². The first-order chi connectivity index (χ1) is 8.08. The molecule has 1 saturated heterocycles. The van der Waals surface area contributed by atoms with E-state index < -0.39 is 0 Å². The molecule has 2 atom stereocenters. The van der Waals surface area contributed by atoms with Gasteiger partial charge in [-0.1, -0.05) is 17.7 Å². The van der Waals surface area contributed by atoms with Crippen LogP contribution in [0.3, 0.4) is 0 Å². The van der Waals surface area contributed by atoms with Crippen molar-refractivity contribution in [1.82, 2.24) is 4.90 Å². The second kappa shape index (κ2) is 4.75. The number of rotatable bonds is 1. The van der Waals surface area contributed by atoms with Gasteiger partial charge in [0.1, 0.15) is 0 Å². The Kier molecular flexibility index (Phi) is 3.33. The van der Waals surface area contributed by atoms with Crippen molar-refractivity contribution in [2.45, 2.75) is 32.4 Å². The third kappa shape index (κ3) is 2.58. The van der Waals surface area contributed by atoms with Crippen molar-refractivity contribution in [3.05, 3.63) is 29.8 Å². The summed E-state index contributed by atoms with van der Waals surface area (Å²) in [5.41, 5.74) is 7.91. The molecule has 0 bridgehead atoms. The zero-order valence-electron chi connectivity index (χ0n) is 10.3. The van der Waals surface area contributed by atoms with Gasteiger partial charge in [0.05, 0.1) is 0 Å². The molecule has 4 heteroatoms. The van der Waals surface area contributed by atoms with Gasteiger partial charge in [0.15, 0.2) is 0 Å². The van der Waals surface area contributed by atoms with Crippen LogP contribution < -0.4 is 11.1 Å². The SMILES string of the molecule is Cc1ccc(NC(=O)N2CCC(N)C2C)cc1. The molecular formula is C13H19N3O. The van der Waals surface area contributed by atoms with E-state index in [1.165, 1.54) is 5.56 Å². The van der Waals surface area contributed by atoms with E-state index in [1.54, 1.807) is 4.90 Å². The van der Waals surface area contributed by atoms with Crippen molar-refractivity contribution in [1.29, 1.82) is 0 Å². The van der Waals surface area contributed by atoms with E-state index in [2.05, 4.69) is 5.32 Å². The van der Waals surface area contributed by atoms with Gasteiger partial charge >= 0.3 is 6.03 Å². The van der Waals surface area contributed by atoms with Gasteiger partial charge in [-0.25, -0.2) is 4.79 Å². The minimum absolute atomic E-state index is 0.0608. The minimum atomic E-state index is -0.0608. The predicted octanol–water partition coefficient (Wildman–Crippen LogP) is 1.95. The van der Waals surface area contributed by atoms with E-state index in [0.29, 0.717) is 0 Å². The van der Waals surface area contributed by atoms with Crippen LogP contribution in [0.25, 0.3) is 0 Å². The first-order valence-corrected chi connectivity index (χ1v) is 5.98. The highest BCUT2D eigenvalue weighted by Gasteiger charge is 2.31. The van der Waals surface area contributed by atoms with E-state index in [1.807, 2.05) is 38.1 Å². The lowest BCUT2D eigenvalue weighted by molar-refractivity contribution is 0.208. The third-order valence-electron chi connectivity index (χ3n) is 3.38. The summed E-state index contributed by atoms with van der Waals surface area (Å²) in [4.78, 5) is 13.8. The van der Waals surface area contributed by atoms with Gasteiger partial charge in [0, 0.05) is 24.3 Å². The number of likely N-dealkylation sites (tertiary alicyclic amines) is 1. The molecule has 1 aromatic carbocycles. The lowest BCUT2D eigenvalue weighted by Crippen LogP contribution is -2.42. The summed E-state index contributed by atoms with van der Waals surface area (Å²) in [6.45, 7) is 4.75. The number of aryl methyl sites for hydroxylation is 1. The first-order valence-electron chi connectivity index (χ1n) is 5.98. The summed E-state index contributed by atoms with van der Waals surface area (Å²) in [7, 11) is 0. The predicted molar refractivity (Wildman–Crippen MR) is 69.0 cm³/mol. The number of hydrogen-bond acceptors (Lipinski definition) is 2. The second-order valence-electron chi connectivity index (χ2n) is 4.68. The number of benzene rings is 1. The van der Waals surface area contributed by atoms with Gasteiger partial charge in [-0.3, -0.25) is 0 Å². The van der Waals surface area contributed by atoms with E-state index in [4.69, 9.17) is 5.73 Å². The Bertz CT molecular complexity index is 402. The normalized spacial score (nSPS) is 23.8. The van der Waals surface area contributed by atoms with Crippen molar-refractivity contribution in [2.75, 3.05) is 11.9 Å². The Morgan fingerprint density at radius 2 is 2.06 bits per heavy atom. The van der Waals surface area contributed by atoms with Crippen molar-refractivity contribution in [3.8, 4) is 0 Å². The Balaban J connectivity index is 2.00. The number of nitrogens with zero attached hydrogens (tertiary/aromatic N) is 1. The van der Waals surface area contributed by atoms with Crippen molar-refractivity contribution in [3.63, 3.8) is 0 Å². The van der Waals surface area contributed by atoms with Crippen LogP contribution in [-0.4, -0.2) is 29.6 Å². The van der Waals surface area contributed by atoms with E-state index in [-0.39, 0.29) is 18.1 Å². The van der Waals surface area contributed by atoms with Crippen LogP contribution in [0, 0.1) is 6.92 Å². The topological polar surface area (TPSA) is 58.4 Å². The standard InChI is InChI=1S/C13H19N3O/c1-9-3-5-11(6-4-9)15-13(17)16-8-7-12(14)10(16)2/h3-6,10,12H,7-8,14H2,1-2H3,(H,15,17). The van der Waals surface area contributed by atoms with Crippen LogP contribution in [-0.2, 0) is 0 Å². The maximum absolute atomic E-state index is 12.0. The summed E-state index contributed by atoms with van der Waals surface area (Å²) >= 11 is 0. The van der Waals surface area contributed by atoms with Gasteiger partial charge in [-0.2, -0.15) is 0 Å². The highest BCUT2D eigenvalue weighted by molar-refractivity contribution is 5.89. The molecule has 2 rings (SSSR count). The lowest BCUT2D eigenvalue weighted by atomic mass is 10.2. The van der Waals surface area contributed by atoms with Gasteiger partial charge in [0.2, 0.25) is 0 Å². The van der Waals surface area contributed by atoms with Crippen LogP contribution in [0.5, 0.6) is 0 Å². The van der Waals surface area contributed by atoms with Crippen molar-refractivity contribution >= 4 is 11.7 Å².